The minimum Gasteiger partial charge on any atom is -0.355 e. The molecule has 1 saturated heterocycles. The van der Waals surface area contributed by atoms with Crippen molar-refractivity contribution >= 4 is 11.4 Å². The summed E-state index contributed by atoms with van der Waals surface area (Å²) in [4.78, 5) is 7.13. The van der Waals surface area contributed by atoms with Crippen molar-refractivity contribution in [3.8, 4) is 17.3 Å². The molecule has 0 aliphatic carbocycles. The Hall–Kier alpha value is -3.12. The SMILES string of the molecule is C=C/C=C(\C=C)c1cc(-c2ccccc2)nc(N2CCCCC2)c1C#N. The Labute approximate surface area is 155 Å². The van der Waals surface area contributed by atoms with Gasteiger partial charge >= 0.3 is 0 Å². The smallest absolute Gasteiger partial charge is 0.147 e. The van der Waals surface area contributed by atoms with Gasteiger partial charge in [0.1, 0.15) is 17.5 Å². The standard InChI is InChI=1S/C23H23N3/c1-3-11-18(4-2)20-16-22(19-12-7-5-8-13-19)25-23(21(20)17-24)26-14-9-6-10-15-26/h3-5,7-8,11-13,16H,1-2,6,9-10,14-15H2/b18-11+. The van der Waals surface area contributed by atoms with Crippen molar-refractivity contribution in [2.75, 3.05) is 18.0 Å². The maximum Gasteiger partial charge on any atom is 0.147 e. The van der Waals surface area contributed by atoms with E-state index in [1.54, 1.807) is 12.2 Å². The number of hydrogen-bond acceptors (Lipinski definition) is 3. The molecular formula is C23H23N3. The fraction of sp³-hybridized carbons (Fsp3) is 0.217. The molecule has 26 heavy (non-hydrogen) atoms. The molecule has 0 atom stereocenters. The van der Waals surface area contributed by atoms with Crippen LogP contribution in [0.3, 0.4) is 0 Å². The van der Waals surface area contributed by atoms with Crippen LogP contribution in [0.2, 0.25) is 0 Å². The molecule has 3 rings (SSSR count). The van der Waals surface area contributed by atoms with E-state index in [0.717, 1.165) is 54.1 Å². The lowest BCUT2D eigenvalue weighted by Gasteiger charge is -2.29. The predicted molar refractivity (Wildman–Crippen MR) is 109 cm³/mol. The summed E-state index contributed by atoms with van der Waals surface area (Å²) in [6.07, 6.45) is 8.88. The van der Waals surface area contributed by atoms with Gasteiger partial charge in [0.15, 0.2) is 0 Å². The Morgan fingerprint density at radius 3 is 2.46 bits per heavy atom. The van der Waals surface area contributed by atoms with Gasteiger partial charge in [0.05, 0.1) is 5.69 Å². The zero-order chi connectivity index (χ0) is 18.4. The second-order valence-corrected chi connectivity index (χ2v) is 6.34. The van der Waals surface area contributed by atoms with E-state index >= 15 is 0 Å². The summed E-state index contributed by atoms with van der Waals surface area (Å²) in [6, 6.07) is 14.5. The van der Waals surface area contributed by atoms with Crippen LogP contribution in [0.5, 0.6) is 0 Å². The van der Waals surface area contributed by atoms with E-state index in [1.165, 1.54) is 6.42 Å². The molecule has 0 unspecified atom stereocenters. The molecule has 2 aromatic rings. The summed E-state index contributed by atoms with van der Waals surface area (Å²) in [5.41, 5.74) is 4.27. The van der Waals surface area contributed by atoms with Crippen molar-refractivity contribution in [2.45, 2.75) is 19.3 Å². The third kappa shape index (κ3) is 3.60. The minimum absolute atomic E-state index is 0.611. The minimum atomic E-state index is 0.611. The summed E-state index contributed by atoms with van der Waals surface area (Å²) in [5.74, 6) is 0.778. The first-order chi connectivity index (χ1) is 12.8. The second-order valence-electron chi connectivity index (χ2n) is 6.34. The van der Waals surface area contributed by atoms with Gasteiger partial charge in [-0.25, -0.2) is 4.98 Å². The third-order valence-corrected chi connectivity index (χ3v) is 4.67. The van der Waals surface area contributed by atoms with Crippen LogP contribution in [-0.4, -0.2) is 18.1 Å². The molecular weight excluding hydrogens is 318 g/mol. The lowest BCUT2D eigenvalue weighted by Crippen LogP contribution is -2.31. The molecule has 1 aliphatic rings. The Balaban J connectivity index is 2.24. The maximum absolute atomic E-state index is 9.90. The molecule has 130 valence electrons. The Kier molecular flexibility index (Phi) is 5.66. The van der Waals surface area contributed by atoms with Crippen LogP contribution in [0.4, 0.5) is 5.82 Å². The highest BCUT2D eigenvalue weighted by molar-refractivity contribution is 5.84. The van der Waals surface area contributed by atoms with Crippen LogP contribution < -0.4 is 4.90 Å². The number of hydrogen-bond donors (Lipinski definition) is 0. The summed E-state index contributed by atoms with van der Waals surface area (Å²) in [5, 5.41) is 9.90. The first-order valence-electron chi connectivity index (χ1n) is 8.99. The van der Waals surface area contributed by atoms with E-state index in [-0.39, 0.29) is 0 Å². The number of allylic oxidation sites excluding steroid dienone is 4. The van der Waals surface area contributed by atoms with Crippen molar-refractivity contribution < 1.29 is 0 Å². The van der Waals surface area contributed by atoms with E-state index in [1.807, 2.05) is 42.5 Å². The van der Waals surface area contributed by atoms with Crippen LogP contribution >= 0.6 is 0 Å². The van der Waals surface area contributed by atoms with Crippen LogP contribution in [-0.2, 0) is 0 Å². The van der Waals surface area contributed by atoms with E-state index in [0.29, 0.717) is 5.56 Å². The number of rotatable bonds is 5. The molecule has 0 saturated carbocycles. The van der Waals surface area contributed by atoms with Gasteiger partial charge in [-0.05, 0) is 30.9 Å². The monoisotopic (exact) mass is 341 g/mol. The molecule has 3 nitrogen and oxygen atoms in total. The molecule has 1 aromatic carbocycles. The summed E-state index contributed by atoms with van der Waals surface area (Å²) >= 11 is 0. The number of anilines is 1. The molecule has 1 aliphatic heterocycles. The third-order valence-electron chi connectivity index (χ3n) is 4.67. The highest BCUT2D eigenvalue weighted by Gasteiger charge is 2.21. The Bertz CT molecular complexity index is 866. The molecule has 0 N–H and O–H groups in total. The largest absolute Gasteiger partial charge is 0.355 e. The number of benzene rings is 1. The fourth-order valence-corrected chi connectivity index (χ4v) is 3.36. The van der Waals surface area contributed by atoms with Crippen LogP contribution in [0.1, 0.15) is 30.4 Å². The van der Waals surface area contributed by atoms with Gasteiger partial charge < -0.3 is 4.90 Å². The summed E-state index contributed by atoms with van der Waals surface area (Å²) < 4.78 is 0. The molecule has 1 aromatic heterocycles. The lowest BCUT2D eigenvalue weighted by atomic mass is 9.97. The number of pyridine rings is 1. The van der Waals surface area contributed by atoms with Crippen LogP contribution in [0.15, 0.2) is 67.8 Å². The van der Waals surface area contributed by atoms with Crippen molar-refractivity contribution in [3.63, 3.8) is 0 Å². The van der Waals surface area contributed by atoms with E-state index < -0.39 is 0 Å². The molecule has 0 spiro atoms. The van der Waals surface area contributed by atoms with Crippen molar-refractivity contribution in [1.82, 2.24) is 4.98 Å². The molecule has 1 fully saturated rings. The van der Waals surface area contributed by atoms with Crippen molar-refractivity contribution in [2.24, 2.45) is 0 Å². The second kappa shape index (κ2) is 8.31. The lowest BCUT2D eigenvalue weighted by molar-refractivity contribution is 0.573. The highest BCUT2D eigenvalue weighted by atomic mass is 15.2. The number of piperidine rings is 1. The van der Waals surface area contributed by atoms with Gasteiger partial charge in [-0.2, -0.15) is 5.26 Å². The normalized spacial score (nSPS) is 14.6. The molecule has 0 bridgehead atoms. The maximum atomic E-state index is 9.90. The summed E-state index contributed by atoms with van der Waals surface area (Å²) in [6.45, 7) is 9.58. The average molecular weight is 341 g/mol. The zero-order valence-corrected chi connectivity index (χ0v) is 15.0. The quantitative estimate of drug-likeness (QED) is 0.687. The Morgan fingerprint density at radius 2 is 1.85 bits per heavy atom. The summed E-state index contributed by atoms with van der Waals surface area (Å²) in [7, 11) is 0. The van der Waals surface area contributed by atoms with Crippen molar-refractivity contribution in [3.05, 3.63) is 78.9 Å². The van der Waals surface area contributed by atoms with E-state index in [4.69, 9.17) is 4.98 Å². The van der Waals surface area contributed by atoms with Gasteiger partial charge in [-0.3, -0.25) is 0 Å². The molecule has 0 radical (unpaired) electrons. The fourth-order valence-electron chi connectivity index (χ4n) is 3.36. The first kappa shape index (κ1) is 17.7. The Morgan fingerprint density at radius 1 is 1.12 bits per heavy atom. The molecule has 3 heteroatoms. The van der Waals surface area contributed by atoms with Gasteiger partial charge in [0.25, 0.3) is 0 Å². The highest BCUT2D eigenvalue weighted by Crippen LogP contribution is 2.33. The molecule has 0 amide bonds. The van der Waals surface area contributed by atoms with Crippen molar-refractivity contribution in [1.29, 1.82) is 5.26 Å². The number of aromatic nitrogens is 1. The average Bonchev–Trinajstić information content (AvgIpc) is 2.72. The predicted octanol–water partition coefficient (Wildman–Crippen LogP) is 5.37. The number of nitrogens with zero attached hydrogens (tertiary/aromatic N) is 3. The van der Waals surface area contributed by atoms with Gasteiger partial charge in [-0.15, -0.1) is 0 Å². The first-order valence-corrected chi connectivity index (χ1v) is 8.99. The van der Waals surface area contributed by atoms with Crippen LogP contribution in [0, 0.1) is 11.3 Å². The van der Waals surface area contributed by atoms with Crippen LogP contribution in [0.25, 0.3) is 16.8 Å². The number of nitriles is 1. The van der Waals surface area contributed by atoms with Gasteiger partial charge in [0, 0.05) is 24.2 Å². The zero-order valence-electron chi connectivity index (χ0n) is 15.0. The van der Waals surface area contributed by atoms with Gasteiger partial charge in [0.2, 0.25) is 0 Å². The van der Waals surface area contributed by atoms with E-state index in [9.17, 15) is 5.26 Å². The molecule has 2 heterocycles. The topological polar surface area (TPSA) is 39.9 Å². The van der Waals surface area contributed by atoms with E-state index in [2.05, 4.69) is 24.1 Å². The van der Waals surface area contributed by atoms with Gasteiger partial charge in [-0.1, -0.05) is 61.7 Å².